The predicted molar refractivity (Wildman–Crippen MR) is 131 cm³/mol. The second-order valence-electron chi connectivity index (χ2n) is 9.36. The molecule has 2 fully saturated rings. The summed E-state index contributed by atoms with van der Waals surface area (Å²) in [6.45, 7) is 2.48. The number of benzene rings is 2. The van der Waals surface area contributed by atoms with E-state index in [1.54, 1.807) is 6.07 Å². The third-order valence-corrected chi connectivity index (χ3v) is 9.23. The highest BCUT2D eigenvalue weighted by molar-refractivity contribution is 7.89. The van der Waals surface area contributed by atoms with Crippen molar-refractivity contribution in [2.24, 2.45) is 11.8 Å². The zero-order valence-electron chi connectivity index (χ0n) is 19.6. The van der Waals surface area contributed by atoms with E-state index >= 15 is 0 Å². The number of rotatable bonds is 7. The van der Waals surface area contributed by atoms with Crippen LogP contribution in [0.2, 0.25) is 5.02 Å². The van der Waals surface area contributed by atoms with E-state index < -0.39 is 22.1 Å². The molecule has 6 nitrogen and oxygen atoms in total. The Morgan fingerprint density at radius 2 is 1.61 bits per heavy atom. The van der Waals surface area contributed by atoms with Gasteiger partial charge in [-0.05, 0) is 74.3 Å². The smallest absolute Gasteiger partial charge is 0.406 e. The van der Waals surface area contributed by atoms with Crippen LogP contribution in [0, 0.1) is 11.8 Å². The molecule has 0 saturated carbocycles. The van der Waals surface area contributed by atoms with Crippen molar-refractivity contribution in [3.8, 4) is 5.75 Å². The van der Waals surface area contributed by atoms with Gasteiger partial charge < -0.3 is 9.64 Å². The van der Waals surface area contributed by atoms with E-state index in [0.29, 0.717) is 35.5 Å². The fourth-order valence-electron chi connectivity index (χ4n) is 5.07. The number of piperidine rings is 2. The minimum Gasteiger partial charge on any atom is -0.406 e. The number of alkyl halides is 3. The molecule has 36 heavy (non-hydrogen) atoms. The van der Waals surface area contributed by atoms with E-state index in [0.717, 1.165) is 69.3 Å². The number of hydrogen-bond donors (Lipinski definition) is 0. The summed E-state index contributed by atoms with van der Waals surface area (Å²) in [4.78, 5) is 13.0. The monoisotopic (exact) mass is 544 g/mol. The van der Waals surface area contributed by atoms with Crippen molar-refractivity contribution in [2.45, 2.75) is 43.4 Å². The van der Waals surface area contributed by atoms with Crippen LogP contribution in [0.25, 0.3) is 0 Å². The molecule has 0 atom stereocenters. The van der Waals surface area contributed by atoms with Crippen molar-refractivity contribution in [3.05, 3.63) is 53.1 Å². The molecule has 2 aliphatic heterocycles. The van der Waals surface area contributed by atoms with E-state index in [-0.39, 0.29) is 4.90 Å². The molecule has 2 aromatic carbocycles. The first-order valence-electron chi connectivity index (χ1n) is 11.9. The molecule has 0 spiro atoms. The molecule has 2 aliphatic rings. The van der Waals surface area contributed by atoms with Crippen molar-refractivity contribution in [1.82, 2.24) is 4.31 Å². The van der Waals surface area contributed by atoms with Gasteiger partial charge in [-0.3, -0.25) is 4.79 Å². The average Bonchev–Trinajstić information content (AvgIpc) is 2.84. The van der Waals surface area contributed by atoms with E-state index in [1.165, 1.54) is 16.4 Å². The lowest BCUT2D eigenvalue weighted by atomic mass is 9.83. The summed E-state index contributed by atoms with van der Waals surface area (Å²) in [5.74, 6) is 0.413. The Morgan fingerprint density at radius 3 is 2.19 bits per heavy atom. The van der Waals surface area contributed by atoms with Crippen LogP contribution in [0.1, 0.15) is 42.5 Å². The van der Waals surface area contributed by atoms with Crippen LogP contribution in [-0.2, 0) is 10.0 Å². The number of carbonyl (C=O) groups excluding carboxylic acids is 1. The van der Waals surface area contributed by atoms with Gasteiger partial charge in [-0.1, -0.05) is 17.7 Å². The van der Waals surface area contributed by atoms with Crippen molar-refractivity contribution >= 4 is 33.6 Å². The summed E-state index contributed by atoms with van der Waals surface area (Å²) in [5, 5.41) is 0.450. The van der Waals surface area contributed by atoms with E-state index in [2.05, 4.69) is 9.64 Å². The number of sulfonamides is 1. The topological polar surface area (TPSA) is 66.9 Å². The van der Waals surface area contributed by atoms with Crippen LogP contribution in [0.5, 0.6) is 5.75 Å². The van der Waals surface area contributed by atoms with Gasteiger partial charge in [0.05, 0.1) is 9.92 Å². The number of anilines is 1. The van der Waals surface area contributed by atoms with Gasteiger partial charge in [0, 0.05) is 43.5 Å². The molecule has 0 amide bonds. The highest BCUT2D eigenvalue weighted by atomic mass is 35.5. The first-order valence-corrected chi connectivity index (χ1v) is 13.7. The lowest BCUT2D eigenvalue weighted by molar-refractivity contribution is -0.274. The number of ether oxygens (including phenoxy) is 1. The number of nitrogens with zero attached hydrogens (tertiary/aromatic N) is 2. The normalized spacial score (nSPS) is 18.8. The number of aldehydes is 1. The van der Waals surface area contributed by atoms with Gasteiger partial charge >= 0.3 is 6.36 Å². The molecule has 2 saturated heterocycles. The maximum atomic E-state index is 13.0. The van der Waals surface area contributed by atoms with Crippen molar-refractivity contribution < 1.29 is 31.1 Å². The molecular weight excluding hydrogens is 517 g/mol. The highest BCUT2D eigenvalue weighted by Crippen LogP contribution is 2.34. The Morgan fingerprint density at radius 1 is 0.972 bits per heavy atom. The van der Waals surface area contributed by atoms with Crippen LogP contribution in [0.4, 0.5) is 18.9 Å². The van der Waals surface area contributed by atoms with Gasteiger partial charge in [-0.25, -0.2) is 8.42 Å². The third kappa shape index (κ3) is 6.52. The Balaban J connectivity index is 1.27. The molecule has 11 heteroatoms. The Bertz CT molecular complexity index is 1180. The predicted octanol–water partition coefficient (Wildman–Crippen LogP) is 5.76. The largest absolute Gasteiger partial charge is 0.573 e. The molecule has 0 unspecified atom stereocenters. The summed E-state index contributed by atoms with van der Waals surface area (Å²) in [6, 6.07) is 10.0. The standard InChI is InChI=1S/C25H28ClF3N2O4S/c26-24-15-21(5-4-20(24)17-32)30-10-6-18(7-11-30)14-19-8-12-31(13-9-19)36(33,34)23-3-1-2-22(16-23)35-25(27,28)29/h1-5,15-19H,6-14H2. The number of hydrogen-bond acceptors (Lipinski definition) is 5. The molecule has 2 aromatic rings. The summed E-state index contributed by atoms with van der Waals surface area (Å²) in [6.07, 6.45) is 0.387. The van der Waals surface area contributed by atoms with E-state index in [1.807, 2.05) is 12.1 Å². The van der Waals surface area contributed by atoms with Crippen molar-refractivity contribution in [2.75, 3.05) is 31.1 Å². The molecule has 196 valence electrons. The Kier molecular flexibility index (Phi) is 8.16. The number of halogens is 4. The lowest BCUT2D eigenvalue weighted by Crippen LogP contribution is -2.39. The maximum absolute atomic E-state index is 13.0. The van der Waals surface area contributed by atoms with Gasteiger partial charge in [-0.2, -0.15) is 4.31 Å². The summed E-state index contributed by atoms with van der Waals surface area (Å²) >= 11 is 6.17. The molecule has 0 aliphatic carbocycles. The molecule has 0 N–H and O–H groups in total. The Labute approximate surface area is 214 Å². The van der Waals surface area contributed by atoms with Crippen molar-refractivity contribution in [3.63, 3.8) is 0 Å². The zero-order valence-corrected chi connectivity index (χ0v) is 21.2. The first kappa shape index (κ1) is 26.8. The maximum Gasteiger partial charge on any atom is 0.573 e. The van der Waals surface area contributed by atoms with Gasteiger partial charge in [0.1, 0.15) is 5.75 Å². The minimum atomic E-state index is -4.88. The molecule has 4 rings (SSSR count). The molecule has 0 bridgehead atoms. The first-order chi connectivity index (χ1) is 17.0. The highest BCUT2D eigenvalue weighted by Gasteiger charge is 2.34. The zero-order chi connectivity index (χ0) is 25.9. The molecule has 0 aromatic heterocycles. The minimum absolute atomic E-state index is 0.198. The quantitative estimate of drug-likeness (QED) is 0.415. The fourth-order valence-corrected chi connectivity index (χ4v) is 6.80. The summed E-state index contributed by atoms with van der Waals surface area (Å²) < 4.78 is 68.7. The van der Waals surface area contributed by atoms with Gasteiger partial charge in [-0.15, -0.1) is 13.2 Å². The Hall–Kier alpha value is -2.30. The molecule has 2 heterocycles. The van der Waals surface area contributed by atoms with Crippen LogP contribution in [-0.4, -0.2) is 51.6 Å². The lowest BCUT2D eigenvalue weighted by Gasteiger charge is -2.37. The van der Waals surface area contributed by atoms with E-state index in [4.69, 9.17) is 11.6 Å². The van der Waals surface area contributed by atoms with E-state index in [9.17, 15) is 26.4 Å². The van der Waals surface area contributed by atoms with Crippen molar-refractivity contribution in [1.29, 1.82) is 0 Å². The number of carbonyl (C=O) groups is 1. The molecule has 0 radical (unpaired) electrons. The van der Waals surface area contributed by atoms with Crippen LogP contribution < -0.4 is 9.64 Å². The second-order valence-corrected chi connectivity index (χ2v) is 11.7. The second kappa shape index (κ2) is 11.0. The SMILES string of the molecule is O=Cc1ccc(N2CCC(CC3CCN(S(=O)(=O)c4cccc(OC(F)(F)F)c4)CC3)CC2)cc1Cl. The van der Waals surface area contributed by atoms with Gasteiger partial charge in [0.2, 0.25) is 10.0 Å². The van der Waals surface area contributed by atoms with Gasteiger partial charge in [0.15, 0.2) is 6.29 Å². The van der Waals surface area contributed by atoms with Crippen LogP contribution >= 0.6 is 11.6 Å². The van der Waals surface area contributed by atoms with Crippen LogP contribution in [0.15, 0.2) is 47.4 Å². The summed E-state index contributed by atoms with van der Waals surface area (Å²) in [5.41, 5.74) is 1.48. The third-order valence-electron chi connectivity index (χ3n) is 7.01. The fraction of sp³-hybridized carbons (Fsp3) is 0.480. The van der Waals surface area contributed by atoms with Crippen LogP contribution in [0.3, 0.4) is 0 Å². The van der Waals surface area contributed by atoms with Gasteiger partial charge in [0.25, 0.3) is 0 Å². The molecular formula is C25H28ClF3N2O4S. The summed E-state index contributed by atoms with van der Waals surface area (Å²) in [7, 11) is -3.90. The average molecular weight is 545 g/mol.